The van der Waals surface area contributed by atoms with E-state index in [1.807, 2.05) is 0 Å². The van der Waals surface area contributed by atoms with E-state index in [0.717, 1.165) is 18.1 Å². The van der Waals surface area contributed by atoms with E-state index in [1.165, 1.54) is 6.07 Å². The summed E-state index contributed by atoms with van der Waals surface area (Å²) in [5.74, 6) is 0.689. The molecule has 0 saturated carbocycles. The van der Waals surface area contributed by atoms with E-state index in [4.69, 9.17) is 0 Å². The highest BCUT2D eigenvalue weighted by atomic mass is 19.4. The predicted octanol–water partition coefficient (Wildman–Crippen LogP) is 4.26. The minimum atomic E-state index is -4.27. The van der Waals surface area contributed by atoms with Gasteiger partial charge in [0.1, 0.15) is 0 Å². The molecule has 0 saturated heterocycles. The van der Waals surface area contributed by atoms with Crippen LogP contribution < -0.4 is 5.32 Å². The van der Waals surface area contributed by atoms with Gasteiger partial charge < -0.3 is 5.32 Å². The molecule has 0 aromatic heterocycles. The van der Waals surface area contributed by atoms with Crippen molar-refractivity contribution in [3.05, 3.63) is 29.3 Å². The van der Waals surface area contributed by atoms with Crippen molar-refractivity contribution in [3.8, 4) is 0 Å². The minimum absolute atomic E-state index is 0.201. The highest BCUT2D eigenvalue weighted by molar-refractivity contribution is 5.64. The molecule has 1 aliphatic rings. The summed E-state index contributed by atoms with van der Waals surface area (Å²) < 4.78 is 38.4. The number of rotatable bonds is 2. The van der Waals surface area contributed by atoms with Crippen LogP contribution in [0, 0.1) is 5.92 Å². The number of nitrogens with one attached hydrogen (secondary N) is 1. The molecule has 17 heavy (non-hydrogen) atoms. The first-order chi connectivity index (χ1) is 7.89. The highest BCUT2D eigenvalue weighted by Crippen LogP contribution is 2.43. The van der Waals surface area contributed by atoms with Crippen LogP contribution in [-0.2, 0) is 6.18 Å². The van der Waals surface area contributed by atoms with E-state index < -0.39 is 11.7 Å². The molecule has 0 radical (unpaired) electrons. The fourth-order valence-corrected chi connectivity index (χ4v) is 2.46. The van der Waals surface area contributed by atoms with Crippen LogP contribution in [0.5, 0.6) is 0 Å². The number of hydrogen-bond donors (Lipinski definition) is 1. The van der Waals surface area contributed by atoms with Crippen molar-refractivity contribution in [1.29, 1.82) is 0 Å². The zero-order valence-corrected chi connectivity index (χ0v) is 9.93. The molecule has 1 nitrogen and oxygen atoms in total. The second-order valence-corrected chi connectivity index (χ2v) is 4.97. The second-order valence-electron chi connectivity index (χ2n) is 4.97. The quantitative estimate of drug-likeness (QED) is 0.818. The van der Waals surface area contributed by atoms with Gasteiger partial charge in [0.2, 0.25) is 0 Å². The van der Waals surface area contributed by atoms with Gasteiger partial charge >= 0.3 is 6.18 Å². The average molecular weight is 243 g/mol. The molecule has 1 aromatic carbocycles. The summed E-state index contributed by atoms with van der Waals surface area (Å²) in [6.07, 6.45) is -3.35. The predicted molar refractivity (Wildman–Crippen MR) is 62.1 cm³/mol. The van der Waals surface area contributed by atoms with Gasteiger partial charge in [0.25, 0.3) is 0 Å². The maximum absolute atomic E-state index is 12.8. The van der Waals surface area contributed by atoms with Gasteiger partial charge in [0.15, 0.2) is 0 Å². The molecule has 1 aliphatic heterocycles. The first-order valence-electron chi connectivity index (χ1n) is 5.83. The lowest BCUT2D eigenvalue weighted by molar-refractivity contribution is -0.136. The largest absolute Gasteiger partial charge is 0.418 e. The zero-order valence-electron chi connectivity index (χ0n) is 9.93. The van der Waals surface area contributed by atoms with E-state index in [-0.39, 0.29) is 11.6 Å². The first kappa shape index (κ1) is 12.3. The lowest BCUT2D eigenvalue weighted by Gasteiger charge is -2.14. The number of fused-ring (bicyclic) bond motifs is 1. The third-order valence-corrected chi connectivity index (χ3v) is 3.12. The van der Waals surface area contributed by atoms with Crippen LogP contribution in [0.1, 0.15) is 37.3 Å². The van der Waals surface area contributed by atoms with Crippen molar-refractivity contribution in [3.63, 3.8) is 0 Å². The Morgan fingerprint density at radius 1 is 1.35 bits per heavy atom. The molecule has 1 N–H and O–H groups in total. The number of alkyl halides is 3. The van der Waals surface area contributed by atoms with Gasteiger partial charge in [-0.1, -0.05) is 26.0 Å². The SMILES string of the molecule is CC(C)CC1CNc2c1cccc2C(F)(F)F. The van der Waals surface area contributed by atoms with Crippen LogP contribution in [0.3, 0.4) is 0 Å². The van der Waals surface area contributed by atoms with Crippen molar-refractivity contribution < 1.29 is 13.2 Å². The van der Waals surface area contributed by atoms with E-state index in [9.17, 15) is 13.2 Å². The molecule has 1 aromatic rings. The smallest absolute Gasteiger partial charge is 0.384 e. The summed E-state index contributed by atoms with van der Waals surface area (Å²) in [7, 11) is 0. The van der Waals surface area contributed by atoms with Gasteiger partial charge in [-0.3, -0.25) is 0 Å². The summed E-state index contributed by atoms with van der Waals surface area (Å²) in [6.45, 7) is 4.79. The molecule has 0 aliphatic carbocycles. The lowest BCUT2D eigenvalue weighted by atomic mass is 9.91. The van der Waals surface area contributed by atoms with Gasteiger partial charge in [-0.15, -0.1) is 0 Å². The molecular weight excluding hydrogens is 227 g/mol. The van der Waals surface area contributed by atoms with Crippen LogP contribution in [0.15, 0.2) is 18.2 Å². The van der Waals surface area contributed by atoms with Gasteiger partial charge in [-0.2, -0.15) is 13.2 Å². The highest BCUT2D eigenvalue weighted by Gasteiger charge is 2.37. The fourth-order valence-electron chi connectivity index (χ4n) is 2.46. The first-order valence-corrected chi connectivity index (χ1v) is 5.83. The zero-order chi connectivity index (χ0) is 12.6. The summed E-state index contributed by atoms with van der Waals surface area (Å²) in [4.78, 5) is 0. The molecule has 0 spiro atoms. The van der Waals surface area contributed by atoms with Crippen molar-refractivity contribution in [2.75, 3.05) is 11.9 Å². The molecule has 94 valence electrons. The average Bonchev–Trinajstić information content (AvgIpc) is 2.59. The summed E-state index contributed by atoms with van der Waals surface area (Å²) in [5.41, 5.74) is 0.556. The maximum Gasteiger partial charge on any atom is 0.418 e. The Labute approximate surface area is 99.0 Å². The Morgan fingerprint density at radius 3 is 2.65 bits per heavy atom. The Kier molecular flexibility index (Phi) is 3.06. The van der Waals surface area contributed by atoms with Crippen molar-refractivity contribution in [1.82, 2.24) is 0 Å². The maximum atomic E-state index is 12.8. The normalized spacial score (nSPS) is 19.3. The van der Waals surface area contributed by atoms with Crippen molar-refractivity contribution in [2.24, 2.45) is 5.92 Å². The Balaban J connectivity index is 2.36. The summed E-state index contributed by atoms with van der Waals surface area (Å²) in [6, 6.07) is 4.45. The van der Waals surface area contributed by atoms with Crippen LogP contribution in [-0.4, -0.2) is 6.54 Å². The molecular formula is C13H16F3N. The molecule has 0 amide bonds. The second kappa shape index (κ2) is 4.24. The van der Waals surface area contributed by atoms with Crippen LogP contribution in [0.2, 0.25) is 0 Å². The van der Waals surface area contributed by atoms with Crippen LogP contribution in [0.4, 0.5) is 18.9 Å². The fraction of sp³-hybridized carbons (Fsp3) is 0.538. The van der Waals surface area contributed by atoms with Crippen molar-refractivity contribution in [2.45, 2.75) is 32.4 Å². The van der Waals surface area contributed by atoms with Crippen LogP contribution in [0.25, 0.3) is 0 Å². The topological polar surface area (TPSA) is 12.0 Å². The monoisotopic (exact) mass is 243 g/mol. The van der Waals surface area contributed by atoms with Crippen LogP contribution >= 0.6 is 0 Å². The number of hydrogen-bond acceptors (Lipinski definition) is 1. The van der Waals surface area contributed by atoms with Gasteiger partial charge in [0.05, 0.1) is 5.56 Å². The number of anilines is 1. The molecule has 1 heterocycles. The Bertz CT molecular complexity index is 410. The molecule has 1 unspecified atom stereocenters. The summed E-state index contributed by atoms with van der Waals surface area (Å²) in [5, 5.41) is 2.91. The minimum Gasteiger partial charge on any atom is -0.384 e. The summed E-state index contributed by atoms with van der Waals surface area (Å²) >= 11 is 0. The standard InChI is InChI=1S/C13H16F3N/c1-8(2)6-9-7-17-12-10(9)4-3-5-11(12)13(14,15)16/h3-5,8-9,17H,6-7H2,1-2H3. The number of benzene rings is 1. The van der Waals surface area contributed by atoms with Gasteiger partial charge in [0, 0.05) is 18.2 Å². The number of para-hydroxylation sites is 1. The third-order valence-electron chi connectivity index (χ3n) is 3.12. The van der Waals surface area contributed by atoms with E-state index in [1.54, 1.807) is 6.07 Å². The van der Waals surface area contributed by atoms with E-state index in [0.29, 0.717) is 12.5 Å². The molecule has 2 rings (SSSR count). The third kappa shape index (κ3) is 2.40. The Hall–Kier alpha value is -1.19. The van der Waals surface area contributed by atoms with E-state index in [2.05, 4.69) is 19.2 Å². The lowest BCUT2D eigenvalue weighted by Crippen LogP contribution is -2.08. The molecule has 0 bridgehead atoms. The van der Waals surface area contributed by atoms with E-state index >= 15 is 0 Å². The molecule has 1 atom stereocenters. The molecule has 4 heteroatoms. The Morgan fingerprint density at radius 2 is 2.06 bits per heavy atom. The van der Waals surface area contributed by atoms with Gasteiger partial charge in [-0.25, -0.2) is 0 Å². The number of halogens is 3. The van der Waals surface area contributed by atoms with Crippen molar-refractivity contribution >= 4 is 5.69 Å². The molecule has 0 fully saturated rings. The van der Waals surface area contributed by atoms with Gasteiger partial charge in [-0.05, 0) is 24.0 Å².